The van der Waals surface area contributed by atoms with Crippen molar-refractivity contribution in [3.63, 3.8) is 0 Å². The third kappa shape index (κ3) is 3.04. The van der Waals surface area contributed by atoms with Crippen LogP contribution in [0.2, 0.25) is 0 Å². The van der Waals surface area contributed by atoms with E-state index < -0.39 is 0 Å². The van der Waals surface area contributed by atoms with Crippen molar-refractivity contribution < 1.29 is 19.7 Å². The maximum atomic E-state index is 12.6. The van der Waals surface area contributed by atoms with Gasteiger partial charge < -0.3 is 19.8 Å². The molecule has 110 valence electrons. The average molecular weight is 279 g/mol. The van der Waals surface area contributed by atoms with Gasteiger partial charge in [0.2, 0.25) is 0 Å². The predicted molar refractivity (Wildman–Crippen MR) is 74.9 cm³/mol. The molecule has 0 saturated heterocycles. The monoisotopic (exact) mass is 279 g/mol. The van der Waals surface area contributed by atoms with Gasteiger partial charge in [0.05, 0.1) is 12.2 Å². The number of rotatable bonds is 6. The lowest BCUT2D eigenvalue weighted by molar-refractivity contribution is 0.0591. The number of carbonyl (C=O) groups is 1. The highest BCUT2D eigenvalue weighted by Gasteiger charge is 2.35. The van der Waals surface area contributed by atoms with E-state index in [0.717, 1.165) is 12.8 Å². The van der Waals surface area contributed by atoms with Crippen LogP contribution in [0, 0.1) is 5.92 Å². The molecule has 1 unspecified atom stereocenters. The summed E-state index contributed by atoms with van der Waals surface area (Å²) in [7, 11) is 1.59. The number of methoxy groups -OCH3 is 1. The molecular weight excluding hydrogens is 258 g/mol. The van der Waals surface area contributed by atoms with Crippen molar-refractivity contribution in [3.05, 3.63) is 23.8 Å². The molecule has 0 aliphatic heterocycles. The third-order valence-electron chi connectivity index (χ3n) is 3.84. The summed E-state index contributed by atoms with van der Waals surface area (Å²) in [6.07, 6.45) is 2.26. The van der Waals surface area contributed by atoms with E-state index in [-0.39, 0.29) is 29.0 Å². The van der Waals surface area contributed by atoms with Crippen LogP contribution in [0.3, 0.4) is 0 Å². The fourth-order valence-corrected chi connectivity index (χ4v) is 2.37. The highest BCUT2D eigenvalue weighted by molar-refractivity contribution is 5.97. The van der Waals surface area contributed by atoms with Crippen LogP contribution in [0.5, 0.6) is 11.5 Å². The Morgan fingerprint density at radius 2 is 2.15 bits per heavy atom. The molecule has 0 spiro atoms. The summed E-state index contributed by atoms with van der Waals surface area (Å²) >= 11 is 0. The summed E-state index contributed by atoms with van der Waals surface area (Å²) in [5, 5.41) is 19.4. The van der Waals surface area contributed by atoms with Crippen LogP contribution in [-0.2, 0) is 4.74 Å². The fourth-order valence-electron chi connectivity index (χ4n) is 2.37. The lowest BCUT2D eigenvalue weighted by atomic mass is 10.1. The molecule has 5 heteroatoms. The molecule has 0 radical (unpaired) electrons. The maximum absolute atomic E-state index is 12.6. The largest absolute Gasteiger partial charge is 0.504 e. The molecule has 20 heavy (non-hydrogen) atoms. The normalized spacial score (nSPS) is 15.9. The second-order valence-electron chi connectivity index (χ2n) is 5.24. The predicted octanol–water partition coefficient (Wildman–Crippen LogP) is 1.98. The Morgan fingerprint density at radius 1 is 1.45 bits per heavy atom. The number of hydrogen-bond acceptors (Lipinski definition) is 4. The molecule has 0 aromatic heterocycles. The second-order valence-corrected chi connectivity index (χ2v) is 5.24. The minimum absolute atomic E-state index is 0.111. The van der Waals surface area contributed by atoms with Gasteiger partial charge in [-0.1, -0.05) is 6.07 Å². The number of para-hydroxylation sites is 1. The average Bonchev–Trinajstić information content (AvgIpc) is 3.26. The second kappa shape index (κ2) is 6.13. The van der Waals surface area contributed by atoms with E-state index in [1.807, 2.05) is 6.92 Å². The Morgan fingerprint density at radius 3 is 2.75 bits per heavy atom. The summed E-state index contributed by atoms with van der Waals surface area (Å²) in [6.45, 7) is 2.94. The van der Waals surface area contributed by atoms with Gasteiger partial charge in [0.1, 0.15) is 0 Å². The van der Waals surface area contributed by atoms with E-state index in [1.165, 1.54) is 12.1 Å². The first-order chi connectivity index (χ1) is 9.56. The highest BCUT2D eigenvalue weighted by Crippen LogP contribution is 2.36. The van der Waals surface area contributed by atoms with Crippen LogP contribution in [0.25, 0.3) is 0 Å². The molecule has 1 aromatic carbocycles. The van der Waals surface area contributed by atoms with Crippen LogP contribution < -0.4 is 0 Å². The van der Waals surface area contributed by atoms with E-state index in [1.54, 1.807) is 18.1 Å². The summed E-state index contributed by atoms with van der Waals surface area (Å²) in [6, 6.07) is 4.55. The fraction of sp³-hybridized carbons (Fsp3) is 0.533. The Kier molecular flexibility index (Phi) is 4.49. The smallest absolute Gasteiger partial charge is 0.258 e. The molecule has 1 aliphatic carbocycles. The highest BCUT2D eigenvalue weighted by atomic mass is 16.5. The van der Waals surface area contributed by atoms with Crippen molar-refractivity contribution >= 4 is 5.91 Å². The number of benzene rings is 1. The number of carbonyl (C=O) groups excluding carboxylic acids is 1. The standard InChI is InChI=1S/C15H21NO4/c1-10(11-6-7-11)16(8-9-20-2)15(19)12-4-3-5-13(17)14(12)18/h3-5,10-11,17-18H,6-9H2,1-2H3. The number of phenols is 2. The number of nitrogens with zero attached hydrogens (tertiary/aromatic N) is 1. The molecule has 1 amide bonds. The molecule has 5 nitrogen and oxygen atoms in total. The van der Waals surface area contributed by atoms with Crippen molar-refractivity contribution in [2.24, 2.45) is 5.92 Å². The first-order valence-electron chi connectivity index (χ1n) is 6.87. The van der Waals surface area contributed by atoms with Gasteiger partial charge in [-0.2, -0.15) is 0 Å². The van der Waals surface area contributed by atoms with E-state index in [0.29, 0.717) is 19.1 Å². The van der Waals surface area contributed by atoms with Gasteiger partial charge in [-0.15, -0.1) is 0 Å². The molecule has 2 N–H and O–H groups in total. The van der Waals surface area contributed by atoms with Gasteiger partial charge in [0, 0.05) is 19.7 Å². The number of ether oxygens (including phenoxy) is 1. The van der Waals surface area contributed by atoms with Gasteiger partial charge in [-0.05, 0) is 37.8 Å². The molecule has 0 bridgehead atoms. The lowest BCUT2D eigenvalue weighted by Gasteiger charge is -2.29. The van der Waals surface area contributed by atoms with Crippen LogP contribution in [0.1, 0.15) is 30.1 Å². The lowest BCUT2D eigenvalue weighted by Crippen LogP contribution is -2.42. The molecule has 2 rings (SSSR count). The molecule has 1 aromatic rings. The van der Waals surface area contributed by atoms with E-state index in [9.17, 15) is 15.0 Å². The van der Waals surface area contributed by atoms with Crippen molar-refractivity contribution in [2.45, 2.75) is 25.8 Å². The van der Waals surface area contributed by atoms with Crippen molar-refractivity contribution in [3.8, 4) is 11.5 Å². The van der Waals surface area contributed by atoms with Crippen molar-refractivity contribution in [1.29, 1.82) is 0 Å². The van der Waals surface area contributed by atoms with Crippen LogP contribution in [-0.4, -0.2) is 47.3 Å². The van der Waals surface area contributed by atoms with E-state index >= 15 is 0 Å². The summed E-state index contributed by atoms with van der Waals surface area (Å²) in [5.41, 5.74) is 0.133. The van der Waals surface area contributed by atoms with Gasteiger partial charge in [-0.3, -0.25) is 4.79 Å². The zero-order valence-electron chi connectivity index (χ0n) is 11.9. The summed E-state index contributed by atoms with van der Waals surface area (Å²) < 4.78 is 5.06. The summed E-state index contributed by atoms with van der Waals surface area (Å²) in [5.74, 6) is -0.380. The molecule has 1 saturated carbocycles. The quantitative estimate of drug-likeness (QED) is 0.781. The van der Waals surface area contributed by atoms with E-state index in [4.69, 9.17) is 4.74 Å². The number of hydrogen-bond donors (Lipinski definition) is 2. The maximum Gasteiger partial charge on any atom is 0.258 e. The van der Waals surface area contributed by atoms with Crippen molar-refractivity contribution in [1.82, 2.24) is 4.90 Å². The van der Waals surface area contributed by atoms with Crippen LogP contribution in [0.15, 0.2) is 18.2 Å². The number of phenolic OH excluding ortho intramolecular Hbond substituents is 2. The molecule has 0 heterocycles. The molecule has 1 atom stereocenters. The molecule has 1 fully saturated rings. The summed E-state index contributed by atoms with van der Waals surface area (Å²) in [4.78, 5) is 14.3. The van der Waals surface area contributed by atoms with Crippen LogP contribution >= 0.6 is 0 Å². The van der Waals surface area contributed by atoms with E-state index in [2.05, 4.69) is 0 Å². The Hall–Kier alpha value is -1.75. The third-order valence-corrected chi connectivity index (χ3v) is 3.84. The number of aromatic hydroxyl groups is 2. The van der Waals surface area contributed by atoms with Gasteiger partial charge in [0.15, 0.2) is 11.5 Å². The Bertz CT molecular complexity index is 485. The van der Waals surface area contributed by atoms with Gasteiger partial charge in [-0.25, -0.2) is 0 Å². The van der Waals surface area contributed by atoms with Crippen molar-refractivity contribution in [2.75, 3.05) is 20.3 Å². The first-order valence-corrected chi connectivity index (χ1v) is 6.87. The number of amides is 1. The minimum Gasteiger partial charge on any atom is -0.504 e. The zero-order valence-corrected chi connectivity index (χ0v) is 11.9. The first kappa shape index (κ1) is 14.7. The Balaban J connectivity index is 2.22. The van der Waals surface area contributed by atoms with Crippen LogP contribution in [0.4, 0.5) is 0 Å². The molecular formula is C15H21NO4. The SMILES string of the molecule is COCCN(C(=O)c1cccc(O)c1O)C(C)C1CC1. The van der Waals surface area contributed by atoms with Gasteiger partial charge >= 0.3 is 0 Å². The van der Waals surface area contributed by atoms with Gasteiger partial charge in [0.25, 0.3) is 5.91 Å². The zero-order chi connectivity index (χ0) is 14.7. The Labute approximate surface area is 118 Å². The molecule has 1 aliphatic rings. The minimum atomic E-state index is -0.358. The topological polar surface area (TPSA) is 70.0 Å².